The van der Waals surface area contributed by atoms with Crippen LogP contribution in [0.1, 0.15) is 44.8 Å². The lowest BCUT2D eigenvalue weighted by molar-refractivity contribution is -0.114. The monoisotopic (exact) mass is 370 g/mol. The van der Waals surface area contributed by atoms with Crippen molar-refractivity contribution in [3.05, 3.63) is 42.4 Å². The molecular weight excluding hydrogens is 350 g/mol. The number of aromatic nitrogens is 3. The van der Waals surface area contributed by atoms with E-state index in [2.05, 4.69) is 19.9 Å². The summed E-state index contributed by atoms with van der Waals surface area (Å²) in [6.07, 6.45) is 7.02. The van der Waals surface area contributed by atoms with Crippen molar-refractivity contribution in [3.8, 4) is 11.3 Å². The summed E-state index contributed by atoms with van der Waals surface area (Å²) in [5, 5.41) is 3.52. The predicted octanol–water partition coefficient (Wildman–Crippen LogP) is 4.89. The van der Waals surface area contributed by atoms with Gasteiger partial charge in [0.05, 0.1) is 17.4 Å². The van der Waals surface area contributed by atoms with E-state index in [4.69, 9.17) is 0 Å². The molecule has 1 fully saturated rings. The second-order valence-corrected chi connectivity index (χ2v) is 7.10. The molecule has 0 radical (unpaired) electrons. The van der Waals surface area contributed by atoms with Gasteiger partial charge in [-0.15, -0.1) is 0 Å². The van der Waals surface area contributed by atoms with Gasteiger partial charge in [-0.3, -0.25) is 4.79 Å². The molecule has 3 aromatic rings. The highest BCUT2D eigenvalue weighted by Gasteiger charge is 2.27. The zero-order valence-electron chi connectivity index (χ0n) is 15.2. The number of carbonyl (C=O) groups excluding carboxylic acids is 1. The van der Waals surface area contributed by atoms with Crippen LogP contribution < -0.4 is 5.32 Å². The Morgan fingerprint density at radius 3 is 2.74 bits per heavy atom. The lowest BCUT2D eigenvalue weighted by Gasteiger charge is -2.27. The molecule has 1 saturated carbocycles. The molecule has 7 heteroatoms. The van der Waals surface area contributed by atoms with E-state index < -0.39 is 5.92 Å². The number of halogens is 2. The quantitative estimate of drug-likeness (QED) is 0.711. The Balaban J connectivity index is 1.89. The molecule has 0 aliphatic heterocycles. The topological polar surface area (TPSA) is 59.8 Å². The number of hydrogen-bond donors (Lipinski definition) is 1. The number of nitrogens with one attached hydrogen (secondary N) is 1. The second-order valence-electron chi connectivity index (χ2n) is 7.10. The summed E-state index contributed by atoms with van der Waals surface area (Å²) < 4.78 is 29.6. The Labute approximate surface area is 155 Å². The number of pyridine rings is 2. The number of carbonyl (C=O) groups is 1. The van der Waals surface area contributed by atoms with E-state index in [1.807, 2.05) is 6.20 Å². The van der Waals surface area contributed by atoms with Crippen LogP contribution in [0.2, 0.25) is 0 Å². The van der Waals surface area contributed by atoms with E-state index in [0.29, 0.717) is 17.6 Å². The van der Waals surface area contributed by atoms with Gasteiger partial charge in [0.15, 0.2) is 0 Å². The molecule has 0 spiro atoms. The van der Waals surface area contributed by atoms with E-state index in [0.717, 1.165) is 36.2 Å². The van der Waals surface area contributed by atoms with Crippen LogP contribution in [0.4, 0.5) is 14.6 Å². The smallest absolute Gasteiger partial charge is 0.286 e. The number of hydrogen-bond acceptors (Lipinski definition) is 3. The van der Waals surface area contributed by atoms with Crippen molar-refractivity contribution in [2.45, 2.75) is 45.1 Å². The molecule has 1 aliphatic rings. The fourth-order valence-electron chi connectivity index (χ4n) is 3.40. The van der Waals surface area contributed by atoms with Crippen LogP contribution in [-0.4, -0.2) is 20.4 Å². The van der Waals surface area contributed by atoms with Crippen molar-refractivity contribution >= 4 is 22.6 Å². The van der Waals surface area contributed by atoms with Gasteiger partial charge >= 0.3 is 0 Å². The Morgan fingerprint density at radius 2 is 2.11 bits per heavy atom. The molecule has 0 saturated heterocycles. The summed E-state index contributed by atoms with van der Waals surface area (Å²) in [4.78, 5) is 19.9. The first-order chi connectivity index (χ1) is 12.8. The third-order valence-electron chi connectivity index (χ3n) is 4.97. The molecule has 4 rings (SSSR count). The Morgan fingerprint density at radius 1 is 1.33 bits per heavy atom. The molecule has 140 valence electrons. The SMILES string of the molecule is CC(=O)Nc1cc2c(-c3cccc(C(C)(F)F)n3)cn(C3CCC3)c2cn1. The highest BCUT2D eigenvalue weighted by atomic mass is 19.3. The standard InChI is InChI=1S/C20H20F2N4O/c1-12(27)24-19-9-14-15(16-7-4-8-18(25-16)20(2,21)22)11-26(13-5-3-6-13)17(14)10-23-19/h4,7-11,13H,3,5-6H2,1-2H3,(H,23,24,27). The van der Waals surface area contributed by atoms with Crippen LogP contribution in [0, 0.1) is 0 Å². The van der Waals surface area contributed by atoms with Crippen molar-refractivity contribution in [1.29, 1.82) is 0 Å². The van der Waals surface area contributed by atoms with Gasteiger partial charge in [-0.2, -0.15) is 8.78 Å². The van der Waals surface area contributed by atoms with Crippen molar-refractivity contribution in [1.82, 2.24) is 14.5 Å². The number of fused-ring (bicyclic) bond motifs is 1. The van der Waals surface area contributed by atoms with E-state index in [9.17, 15) is 13.6 Å². The summed E-state index contributed by atoms with van der Waals surface area (Å²) in [5.74, 6) is -2.79. The molecule has 0 atom stereocenters. The van der Waals surface area contributed by atoms with Crippen LogP contribution >= 0.6 is 0 Å². The summed E-state index contributed by atoms with van der Waals surface area (Å²) >= 11 is 0. The number of nitrogens with zero attached hydrogens (tertiary/aromatic N) is 3. The zero-order chi connectivity index (χ0) is 19.2. The van der Waals surface area contributed by atoms with Gasteiger partial charge in [-0.25, -0.2) is 9.97 Å². The third kappa shape index (κ3) is 3.29. The minimum Gasteiger partial charge on any atom is -0.342 e. The first-order valence-electron chi connectivity index (χ1n) is 8.97. The summed E-state index contributed by atoms with van der Waals surface area (Å²) in [6.45, 7) is 2.26. The summed E-state index contributed by atoms with van der Waals surface area (Å²) in [5.41, 5.74) is 1.90. The molecular formula is C20H20F2N4O. The van der Waals surface area contributed by atoms with Gasteiger partial charge in [0.1, 0.15) is 11.5 Å². The molecule has 5 nitrogen and oxygen atoms in total. The Kier molecular flexibility index (Phi) is 4.17. The molecule has 1 amide bonds. The summed E-state index contributed by atoms with van der Waals surface area (Å²) in [6, 6.07) is 6.81. The molecule has 1 aliphatic carbocycles. The number of rotatable bonds is 4. The normalized spacial score (nSPS) is 15.0. The number of amides is 1. The lowest BCUT2D eigenvalue weighted by Crippen LogP contribution is -2.16. The van der Waals surface area contributed by atoms with Crippen molar-refractivity contribution < 1.29 is 13.6 Å². The lowest BCUT2D eigenvalue weighted by atomic mass is 9.93. The molecule has 27 heavy (non-hydrogen) atoms. The van der Waals surface area contributed by atoms with Crippen LogP contribution in [0.5, 0.6) is 0 Å². The highest BCUT2D eigenvalue weighted by Crippen LogP contribution is 2.39. The average Bonchev–Trinajstić information content (AvgIpc) is 2.91. The van der Waals surface area contributed by atoms with Crippen molar-refractivity contribution in [2.75, 3.05) is 5.32 Å². The third-order valence-corrected chi connectivity index (χ3v) is 4.97. The van der Waals surface area contributed by atoms with Gasteiger partial charge in [0.25, 0.3) is 5.92 Å². The van der Waals surface area contributed by atoms with Gasteiger partial charge in [0.2, 0.25) is 5.91 Å². The van der Waals surface area contributed by atoms with Gasteiger partial charge < -0.3 is 9.88 Å². The molecule has 0 aromatic carbocycles. The Bertz CT molecular complexity index is 1020. The minimum atomic E-state index is -3.01. The number of alkyl halides is 2. The van der Waals surface area contributed by atoms with Crippen LogP contribution in [-0.2, 0) is 10.7 Å². The van der Waals surface area contributed by atoms with E-state index >= 15 is 0 Å². The largest absolute Gasteiger partial charge is 0.342 e. The zero-order valence-corrected chi connectivity index (χ0v) is 15.2. The number of anilines is 1. The van der Waals surface area contributed by atoms with Crippen molar-refractivity contribution in [3.63, 3.8) is 0 Å². The first kappa shape index (κ1) is 17.6. The van der Waals surface area contributed by atoms with E-state index in [1.54, 1.807) is 24.4 Å². The Hall–Kier alpha value is -2.83. The molecule has 3 aromatic heterocycles. The van der Waals surface area contributed by atoms with Gasteiger partial charge in [0, 0.05) is 37.0 Å². The minimum absolute atomic E-state index is 0.215. The van der Waals surface area contributed by atoms with Gasteiger partial charge in [-0.1, -0.05) is 6.07 Å². The van der Waals surface area contributed by atoms with Crippen LogP contribution in [0.15, 0.2) is 36.7 Å². The molecule has 1 N–H and O–H groups in total. The average molecular weight is 370 g/mol. The molecule has 0 bridgehead atoms. The predicted molar refractivity (Wildman–Crippen MR) is 99.7 cm³/mol. The van der Waals surface area contributed by atoms with E-state index in [-0.39, 0.29) is 11.6 Å². The molecule has 3 heterocycles. The second kappa shape index (κ2) is 6.40. The maximum Gasteiger partial charge on any atom is 0.286 e. The van der Waals surface area contributed by atoms with Crippen LogP contribution in [0.3, 0.4) is 0 Å². The molecule has 0 unspecified atom stereocenters. The maximum absolute atomic E-state index is 13.7. The summed E-state index contributed by atoms with van der Waals surface area (Å²) in [7, 11) is 0. The fraction of sp³-hybridized carbons (Fsp3) is 0.350. The van der Waals surface area contributed by atoms with E-state index in [1.165, 1.54) is 19.4 Å². The highest BCUT2D eigenvalue weighted by molar-refractivity contribution is 5.98. The van der Waals surface area contributed by atoms with Gasteiger partial charge in [-0.05, 0) is 37.5 Å². The van der Waals surface area contributed by atoms with Crippen LogP contribution in [0.25, 0.3) is 22.2 Å². The van der Waals surface area contributed by atoms with Crippen molar-refractivity contribution in [2.24, 2.45) is 0 Å². The maximum atomic E-state index is 13.7. The first-order valence-corrected chi connectivity index (χ1v) is 8.97. The fourth-order valence-corrected chi connectivity index (χ4v) is 3.40.